The van der Waals surface area contributed by atoms with Crippen LogP contribution < -0.4 is 19.1 Å². The number of nitrogens with zero attached hydrogens (tertiary/aromatic N) is 2. The summed E-state index contributed by atoms with van der Waals surface area (Å²) in [7, 11) is 3.03. The molecule has 1 atom stereocenters. The summed E-state index contributed by atoms with van der Waals surface area (Å²) >= 11 is 0. The molecule has 1 saturated heterocycles. The van der Waals surface area contributed by atoms with E-state index in [4.69, 9.17) is 14.2 Å². The molecule has 9 nitrogen and oxygen atoms in total. The average molecular weight is 542 g/mol. The summed E-state index contributed by atoms with van der Waals surface area (Å²) in [6, 6.07) is 16.6. The van der Waals surface area contributed by atoms with Crippen LogP contribution in [0.3, 0.4) is 0 Å². The van der Waals surface area contributed by atoms with Crippen molar-refractivity contribution in [3.05, 3.63) is 82.9 Å². The first-order valence-corrected chi connectivity index (χ1v) is 12.9. The van der Waals surface area contributed by atoms with Crippen LogP contribution >= 0.6 is 0 Å². The Morgan fingerprint density at radius 2 is 1.73 bits per heavy atom. The van der Waals surface area contributed by atoms with Crippen molar-refractivity contribution >= 4 is 34.4 Å². The Labute approximate surface area is 232 Å². The number of ketones is 1. The van der Waals surface area contributed by atoms with Crippen molar-refractivity contribution in [2.24, 2.45) is 5.92 Å². The lowest BCUT2D eigenvalue weighted by molar-refractivity contribution is -0.132. The van der Waals surface area contributed by atoms with Crippen molar-refractivity contribution in [1.29, 1.82) is 0 Å². The quantitative estimate of drug-likeness (QED) is 0.171. The Morgan fingerprint density at radius 3 is 2.40 bits per heavy atom. The number of carbonyl (C=O) groups is 2. The van der Waals surface area contributed by atoms with Crippen molar-refractivity contribution in [1.82, 2.24) is 9.97 Å². The van der Waals surface area contributed by atoms with Crippen LogP contribution in [0.2, 0.25) is 0 Å². The lowest BCUT2D eigenvalue weighted by atomic mass is 9.95. The third-order valence-corrected chi connectivity index (χ3v) is 6.73. The second kappa shape index (κ2) is 10.8. The van der Waals surface area contributed by atoms with Gasteiger partial charge in [0.05, 0.1) is 43.5 Å². The van der Waals surface area contributed by atoms with Crippen LogP contribution in [0.15, 0.2) is 66.2 Å². The second-order valence-electron chi connectivity index (χ2n) is 10.1. The fourth-order valence-electron chi connectivity index (χ4n) is 4.74. The number of anilines is 1. The molecule has 1 aliphatic heterocycles. The smallest absolute Gasteiger partial charge is 0.302 e. The van der Waals surface area contributed by atoms with E-state index in [2.05, 4.69) is 23.8 Å². The molecule has 2 heterocycles. The van der Waals surface area contributed by atoms with Crippen molar-refractivity contribution < 1.29 is 28.9 Å². The highest BCUT2D eigenvalue weighted by Crippen LogP contribution is 2.43. The highest BCUT2D eigenvalue weighted by Gasteiger charge is 2.48. The van der Waals surface area contributed by atoms with Crippen LogP contribution in [-0.4, -0.2) is 47.6 Å². The van der Waals surface area contributed by atoms with Crippen LogP contribution in [0.1, 0.15) is 36.6 Å². The molecule has 40 heavy (non-hydrogen) atoms. The van der Waals surface area contributed by atoms with E-state index in [1.807, 2.05) is 25.1 Å². The minimum Gasteiger partial charge on any atom is -0.507 e. The van der Waals surface area contributed by atoms with E-state index in [1.54, 1.807) is 42.5 Å². The molecule has 1 aliphatic rings. The molecule has 1 fully saturated rings. The number of aromatic amines is 1. The van der Waals surface area contributed by atoms with Gasteiger partial charge in [-0.05, 0) is 72.5 Å². The van der Waals surface area contributed by atoms with Gasteiger partial charge in [0, 0.05) is 5.56 Å². The molecule has 4 aromatic rings. The predicted molar refractivity (Wildman–Crippen MR) is 152 cm³/mol. The number of nitrogens with one attached hydrogen (secondary N) is 1. The topological polar surface area (TPSA) is 114 Å². The number of ether oxygens (including phenoxy) is 3. The van der Waals surface area contributed by atoms with E-state index in [1.165, 1.54) is 19.1 Å². The number of rotatable bonds is 8. The Hall–Kier alpha value is -4.79. The number of H-pyrrole nitrogens is 1. The molecule has 0 spiro atoms. The third-order valence-electron chi connectivity index (χ3n) is 6.73. The number of amides is 1. The second-order valence-corrected chi connectivity index (χ2v) is 10.1. The van der Waals surface area contributed by atoms with Gasteiger partial charge in [0.2, 0.25) is 5.95 Å². The number of hydrogen-bond donors (Lipinski definition) is 2. The number of fused-ring (bicyclic) bond motifs is 1. The maximum Gasteiger partial charge on any atom is 0.302 e. The lowest BCUT2D eigenvalue weighted by Crippen LogP contribution is -2.30. The summed E-state index contributed by atoms with van der Waals surface area (Å²) < 4.78 is 16.6. The minimum atomic E-state index is -0.988. The molecule has 1 aromatic heterocycles. The largest absolute Gasteiger partial charge is 0.507 e. The average Bonchev–Trinajstić information content (AvgIpc) is 3.48. The van der Waals surface area contributed by atoms with Gasteiger partial charge in [0.1, 0.15) is 11.5 Å². The standard InChI is InChI=1S/C31H31N3O6/c1-17(2)16-40-21-10-7-19(8-11-21)28(35)26-27(20-9-13-24(38-4)25(15-20)39-5)34(30(37)29(26)36)31-32-22-12-6-18(3)14-23(22)33-31/h6-15,17,27,35H,16H2,1-5H3,(H,32,33)/b28-26+. The van der Waals surface area contributed by atoms with Gasteiger partial charge >= 0.3 is 5.91 Å². The van der Waals surface area contributed by atoms with Gasteiger partial charge < -0.3 is 24.3 Å². The number of aromatic nitrogens is 2. The van der Waals surface area contributed by atoms with E-state index in [0.717, 1.165) is 11.1 Å². The van der Waals surface area contributed by atoms with Gasteiger partial charge in [-0.1, -0.05) is 26.0 Å². The van der Waals surface area contributed by atoms with Crippen LogP contribution in [0.5, 0.6) is 17.2 Å². The number of aliphatic hydroxyl groups excluding tert-OH is 1. The Bertz CT molecular complexity index is 1620. The molecule has 1 unspecified atom stereocenters. The predicted octanol–water partition coefficient (Wildman–Crippen LogP) is 5.55. The van der Waals surface area contributed by atoms with Crippen LogP contribution in [0, 0.1) is 12.8 Å². The number of methoxy groups -OCH3 is 2. The van der Waals surface area contributed by atoms with E-state index >= 15 is 0 Å². The fraction of sp³-hybridized carbons (Fsp3) is 0.258. The first-order valence-electron chi connectivity index (χ1n) is 12.9. The molecule has 2 N–H and O–H groups in total. The van der Waals surface area contributed by atoms with E-state index in [0.29, 0.717) is 46.4 Å². The number of aliphatic hydroxyl groups is 1. The monoisotopic (exact) mass is 541 g/mol. The van der Waals surface area contributed by atoms with Gasteiger partial charge in [-0.25, -0.2) is 4.98 Å². The van der Waals surface area contributed by atoms with Gasteiger partial charge in [0.25, 0.3) is 5.78 Å². The number of benzene rings is 3. The number of Topliss-reactive ketones (excluding diaryl/α,β-unsaturated/α-hetero) is 1. The first kappa shape index (κ1) is 26.8. The number of aryl methyl sites for hydroxylation is 1. The summed E-state index contributed by atoms with van der Waals surface area (Å²) in [4.78, 5) is 36.2. The van der Waals surface area contributed by atoms with Crippen molar-refractivity contribution in [3.63, 3.8) is 0 Å². The molecule has 5 rings (SSSR count). The molecule has 3 aromatic carbocycles. The van der Waals surface area contributed by atoms with Gasteiger partial charge in [-0.2, -0.15) is 0 Å². The zero-order chi connectivity index (χ0) is 28.6. The van der Waals surface area contributed by atoms with Crippen molar-refractivity contribution in [2.75, 3.05) is 25.7 Å². The van der Waals surface area contributed by atoms with Gasteiger partial charge in [0.15, 0.2) is 11.5 Å². The van der Waals surface area contributed by atoms with Crippen LogP contribution in [0.4, 0.5) is 5.95 Å². The molecule has 206 valence electrons. The number of carbonyl (C=O) groups excluding carboxylic acids is 2. The molecule has 9 heteroatoms. The fourth-order valence-corrected chi connectivity index (χ4v) is 4.74. The molecule has 0 bridgehead atoms. The summed E-state index contributed by atoms with van der Waals surface area (Å²) in [6.45, 7) is 6.61. The van der Waals surface area contributed by atoms with E-state index < -0.39 is 17.7 Å². The SMILES string of the molecule is COc1ccc(C2/C(=C(\O)c3ccc(OCC(C)C)cc3)C(=O)C(=O)N2c2nc3ccc(C)cc3[nH]2)cc1OC. The highest BCUT2D eigenvalue weighted by atomic mass is 16.5. The maximum atomic E-state index is 13.6. The maximum absolute atomic E-state index is 13.6. The molecular formula is C31H31N3O6. The molecule has 0 aliphatic carbocycles. The summed E-state index contributed by atoms with van der Waals surface area (Å²) in [5.41, 5.74) is 3.23. The van der Waals surface area contributed by atoms with Crippen LogP contribution in [-0.2, 0) is 9.59 Å². The van der Waals surface area contributed by atoms with Crippen molar-refractivity contribution in [2.45, 2.75) is 26.8 Å². The Balaban J connectivity index is 1.66. The molecule has 0 saturated carbocycles. The third kappa shape index (κ3) is 4.86. The van der Waals surface area contributed by atoms with Gasteiger partial charge in [-0.15, -0.1) is 0 Å². The normalized spacial score (nSPS) is 16.6. The first-order chi connectivity index (χ1) is 19.2. The lowest BCUT2D eigenvalue weighted by Gasteiger charge is -2.24. The highest BCUT2D eigenvalue weighted by molar-refractivity contribution is 6.51. The molecule has 0 radical (unpaired) electrons. The number of imidazole rings is 1. The summed E-state index contributed by atoms with van der Waals surface area (Å²) in [5, 5.41) is 11.5. The zero-order valence-corrected chi connectivity index (χ0v) is 23.0. The summed E-state index contributed by atoms with van der Waals surface area (Å²) in [5.74, 6) is 0.148. The Morgan fingerprint density at radius 1 is 1.00 bits per heavy atom. The number of hydrogen-bond acceptors (Lipinski definition) is 7. The molecular weight excluding hydrogens is 510 g/mol. The summed E-state index contributed by atoms with van der Waals surface area (Å²) in [6.07, 6.45) is 0. The van der Waals surface area contributed by atoms with E-state index in [9.17, 15) is 14.7 Å². The van der Waals surface area contributed by atoms with Gasteiger partial charge in [-0.3, -0.25) is 14.5 Å². The minimum absolute atomic E-state index is 0.0651. The Kier molecular flexibility index (Phi) is 7.21. The zero-order valence-electron chi connectivity index (χ0n) is 23.0. The molecule has 1 amide bonds. The van der Waals surface area contributed by atoms with E-state index in [-0.39, 0.29) is 17.3 Å². The van der Waals surface area contributed by atoms with Crippen molar-refractivity contribution in [3.8, 4) is 17.2 Å². The van der Waals surface area contributed by atoms with Crippen LogP contribution in [0.25, 0.3) is 16.8 Å².